The number of hydrogen-bond donors (Lipinski definition) is 3. The van der Waals surface area contributed by atoms with Crippen molar-refractivity contribution in [3.05, 3.63) is 44.8 Å². The third kappa shape index (κ3) is 3.39. The van der Waals surface area contributed by atoms with Crippen LogP contribution in [0.5, 0.6) is 0 Å². The Morgan fingerprint density at radius 2 is 2.21 bits per heavy atom. The number of H-pyrrole nitrogens is 1. The molecule has 1 aromatic heterocycles. The van der Waals surface area contributed by atoms with Gasteiger partial charge in [0.1, 0.15) is 6.35 Å². The highest BCUT2D eigenvalue weighted by Gasteiger charge is 2.22. The number of aryl methyl sites for hydroxylation is 1. The fourth-order valence-corrected chi connectivity index (χ4v) is 2.30. The van der Waals surface area contributed by atoms with E-state index in [9.17, 15) is 9.59 Å². The molecule has 0 saturated heterocycles. The Bertz CT molecular complexity index is 591. The zero-order valence-corrected chi connectivity index (χ0v) is 11.2. The van der Waals surface area contributed by atoms with Gasteiger partial charge in [-0.1, -0.05) is 12.2 Å². The number of rotatable bonds is 4. The van der Waals surface area contributed by atoms with Crippen LogP contribution in [-0.2, 0) is 4.74 Å². The lowest BCUT2D eigenvalue weighted by Crippen LogP contribution is -2.32. The molecule has 0 bridgehead atoms. The van der Waals surface area contributed by atoms with Gasteiger partial charge in [-0.2, -0.15) is 0 Å². The van der Waals surface area contributed by atoms with E-state index < -0.39 is 14.1 Å². The monoisotopic (exact) mass is 286 g/mol. The van der Waals surface area contributed by atoms with Crippen molar-refractivity contribution >= 4 is 8.38 Å². The van der Waals surface area contributed by atoms with Crippen molar-refractivity contribution in [3.63, 3.8) is 0 Å². The molecule has 7 nitrogen and oxygen atoms in total. The average molecular weight is 286 g/mol. The van der Waals surface area contributed by atoms with Gasteiger partial charge < -0.3 is 14.5 Å². The lowest BCUT2D eigenvalue weighted by Gasteiger charge is -2.15. The smallest absolute Gasteiger partial charge is 0.328 e. The number of aromatic nitrogens is 2. The molecule has 1 heterocycles. The van der Waals surface area contributed by atoms with Gasteiger partial charge in [0.25, 0.3) is 5.56 Å². The van der Waals surface area contributed by atoms with Crippen LogP contribution in [0.1, 0.15) is 18.0 Å². The predicted octanol–water partition coefficient (Wildman–Crippen LogP) is -0.0148. The van der Waals surface area contributed by atoms with E-state index in [-0.39, 0.29) is 24.1 Å². The first-order chi connectivity index (χ1) is 8.97. The predicted molar refractivity (Wildman–Crippen MR) is 70.0 cm³/mol. The average Bonchev–Trinajstić information content (AvgIpc) is 2.80. The molecule has 2 rings (SSSR count). The molecule has 1 aliphatic rings. The van der Waals surface area contributed by atoms with Crippen molar-refractivity contribution in [1.82, 2.24) is 9.55 Å². The summed E-state index contributed by atoms with van der Waals surface area (Å²) in [7, 11) is -2.07. The molecule has 8 heteroatoms. The van der Waals surface area contributed by atoms with Crippen molar-refractivity contribution in [2.75, 3.05) is 6.35 Å². The van der Waals surface area contributed by atoms with Gasteiger partial charge in [-0.15, -0.1) is 0 Å². The van der Waals surface area contributed by atoms with Crippen LogP contribution in [0.25, 0.3) is 0 Å². The fraction of sp³-hybridized carbons (Fsp3) is 0.455. The second-order valence-electron chi connectivity index (χ2n) is 4.37. The number of allylic oxidation sites excluding steroid dienone is 1. The first kappa shape index (κ1) is 14.1. The maximum atomic E-state index is 11.7. The third-order valence-electron chi connectivity index (χ3n) is 2.93. The molecule has 19 heavy (non-hydrogen) atoms. The van der Waals surface area contributed by atoms with E-state index in [1.54, 1.807) is 19.1 Å². The molecule has 104 valence electrons. The lowest BCUT2D eigenvalue weighted by atomic mass is 10.2. The number of hydrogen-bond acceptors (Lipinski definition) is 5. The Morgan fingerprint density at radius 3 is 2.89 bits per heavy atom. The van der Waals surface area contributed by atoms with Gasteiger partial charge in [0, 0.05) is 18.2 Å². The second-order valence-corrected chi connectivity index (χ2v) is 5.38. The van der Waals surface area contributed by atoms with Crippen LogP contribution < -0.4 is 11.2 Å². The summed E-state index contributed by atoms with van der Waals surface area (Å²) in [5, 5.41) is 0. The summed E-state index contributed by atoms with van der Waals surface area (Å²) in [6, 6.07) is -0.198. The first-order valence-electron chi connectivity index (χ1n) is 5.74. The minimum absolute atomic E-state index is 0.114. The quantitative estimate of drug-likeness (QED) is 0.533. The van der Waals surface area contributed by atoms with Crippen LogP contribution in [0.2, 0.25) is 0 Å². The molecule has 0 spiro atoms. The molecule has 2 atom stereocenters. The highest BCUT2D eigenvalue weighted by atomic mass is 31.2. The Kier molecular flexibility index (Phi) is 4.31. The van der Waals surface area contributed by atoms with Crippen molar-refractivity contribution in [1.29, 1.82) is 0 Å². The maximum absolute atomic E-state index is 11.7. The van der Waals surface area contributed by atoms with E-state index >= 15 is 0 Å². The van der Waals surface area contributed by atoms with Gasteiger partial charge in [0.05, 0.1) is 12.1 Å². The van der Waals surface area contributed by atoms with E-state index in [4.69, 9.17) is 14.5 Å². The fourth-order valence-electron chi connectivity index (χ4n) is 1.97. The standard InChI is InChI=1S/C11H15N2O5P/c1-7-5-13(11(15)12-10(7)14)8-2-3-9(4-8)18-6-19(16)17/h2-3,5,8-9,16-17H,4,6H2,1H3,(H,12,14,15). The van der Waals surface area contributed by atoms with E-state index in [0.717, 1.165) is 0 Å². The first-order valence-corrected chi connectivity index (χ1v) is 7.18. The molecule has 0 fully saturated rings. The van der Waals surface area contributed by atoms with Gasteiger partial charge in [-0.25, -0.2) is 4.79 Å². The number of ether oxygens (including phenoxy) is 1. The Labute approximate surface area is 110 Å². The zero-order valence-electron chi connectivity index (χ0n) is 10.3. The van der Waals surface area contributed by atoms with Crippen molar-refractivity contribution in [2.24, 2.45) is 0 Å². The van der Waals surface area contributed by atoms with Crippen LogP contribution in [-0.4, -0.2) is 31.8 Å². The molecule has 0 aromatic carbocycles. The van der Waals surface area contributed by atoms with Gasteiger partial charge in [0.2, 0.25) is 0 Å². The number of aromatic amines is 1. The Morgan fingerprint density at radius 1 is 1.47 bits per heavy atom. The largest absolute Gasteiger partial charge is 0.365 e. The summed E-state index contributed by atoms with van der Waals surface area (Å²) in [6.07, 6.45) is 5.25. The molecule has 2 unspecified atom stereocenters. The summed E-state index contributed by atoms with van der Waals surface area (Å²) in [5.74, 6) is 0. The molecule has 0 aliphatic heterocycles. The highest BCUT2D eigenvalue weighted by molar-refractivity contribution is 7.44. The van der Waals surface area contributed by atoms with Crippen molar-refractivity contribution in [2.45, 2.75) is 25.5 Å². The van der Waals surface area contributed by atoms with E-state index in [0.29, 0.717) is 12.0 Å². The molecule has 3 N–H and O–H groups in total. The van der Waals surface area contributed by atoms with Crippen LogP contribution in [0.3, 0.4) is 0 Å². The summed E-state index contributed by atoms with van der Waals surface area (Å²) in [4.78, 5) is 42.8. The minimum atomic E-state index is -2.07. The minimum Gasteiger partial charge on any atom is -0.365 e. The van der Waals surface area contributed by atoms with Crippen molar-refractivity contribution in [3.8, 4) is 0 Å². The topological polar surface area (TPSA) is 105 Å². The molecule has 0 amide bonds. The summed E-state index contributed by atoms with van der Waals surface area (Å²) in [5.41, 5.74) is -0.383. The maximum Gasteiger partial charge on any atom is 0.328 e. The van der Waals surface area contributed by atoms with Crippen LogP contribution in [0.15, 0.2) is 27.9 Å². The molecule has 0 radical (unpaired) electrons. The van der Waals surface area contributed by atoms with Gasteiger partial charge in [-0.3, -0.25) is 14.3 Å². The lowest BCUT2D eigenvalue weighted by molar-refractivity contribution is 0.109. The van der Waals surface area contributed by atoms with Crippen LogP contribution >= 0.6 is 8.38 Å². The Balaban J connectivity index is 2.10. The van der Waals surface area contributed by atoms with Crippen LogP contribution in [0.4, 0.5) is 0 Å². The van der Waals surface area contributed by atoms with Gasteiger partial charge in [0.15, 0.2) is 8.38 Å². The summed E-state index contributed by atoms with van der Waals surface area (Å²) in [6.45, 7) is 1.63. The molecular weight excluding hydrogens is 271 g/mol. The van der Waals surface area contributed by atoms with Gasteiger partial charge >= 0.3 is 5.69 Å². The molecular formula is C11H15N2O5P. The summed E-state index contributed by atoms with van der Waals surface area (Å²) >= 11 is 0. The molecule has 0 saturated carbocycles. The van der Waals surface area contributed by atoms with E-state index in [2.05, 4.69) is 4.98 Å². The number of nitrogens with one attached hydrogen (secondary N) is 1. The Hall–Kier alpha value is -1.27. The highest BCUT2D eigenvalue weighted by Crippen LogP contribution is 2.28. The van der Waals surface area contributed by atoms with Gasteiger partial charge in [-0.05, 0) is 6.92 Å². The van der Waals surface area contributed by atoms with Crippen LogP contribution in [0, 0.1) is 6.92 Å². The molecule has 1 aliphatic carbocycles. The SMILES string of the molecule is Cc1cn(C2C=CC(OCP(O)O)C2)c(=O)[nH]c1=O. The second kappa shape index (κ2) is 5.79. The third-order valence-corrected chi connectivity index (χ3v) is 3.31. The molecule has 1 aromatic rings. The number of nitrogens with zero attached hydrogens (tertiary/aromatic N) is 1. The van der Waals surface area contributed by atoms with E-state index in [1.165, 1.54) is 10.8 Å². The van der Waals surface area contributed by atoms with E-state index in [1.807, 2.05) is 0 Å². The normalized spacial score (nSPS) is 22.3. The van der Waals surface area contributed by atoms with Crippen molar-refractivity contribution < 1.29 is 14.5 Å². The zero-order chi connectivity index (χ0) is 14.0. The summed E-state index contributed by atoms with van der Waals surface area (Å²) < 4.78 is 6.71.